The van der Waals surface area contributed by atoms with Crippen LogP contribution in [0.5, 0.6) is 0 Å². The Labute approximate surface area is 336 Å². The molecule has 0 spiro atoms. The minimum atomic E-state index is -1.14. The first-order valence-corrected chi connectivity index (χ1v) is 19.4. The zero-order valence-corrected chi connectivity index (χ0v) is 33.7. The van der Waals surface area contributed by atoms with Gasteiger partial charge in [-0.15, -0.1) is 0 Å². The molecule has 1 saturated heterocycles. The van der Waals surface area contributed by atoms with Crippen molar-refractivity contribution in [2.24, 2.45) is 0 Å². The smallest absolute Gasteiger partial charge is 0.430 e. The van der Waals surface area contributed by atoms with E-state index in [4.69, 9.17) is 75.8 Å². The van der Waals surface area contributed by atoms with Crippen LogP contribution >= 0.6 is 0 Å². The second-order valence-corrected chi connectivity index (χ2v) is 11.3. The number of hydroxylamine groups is 2. The fourth-order valence-corrected chi connectivity index (χ4v) is 4.05. The standard InChI is InChI=1S/C36H67NO20/c1-41-4-5-42-6-7-43-8-9-44-10-11-45-12-13-46-14-15-47-16-17-48-18-19-49-20-21-50-22-23-51-24-25-52-26-27-53-28-29-54-30-31-55-32-33-56-36(40)57-37-34(38)2-3-35(37)39/h2-33H2,1H3. The van der Waals surface area contributed by atoms with Gasteiger partial charge in [0.15, 0.2) is 0 Å². The summed E-state index contributed by atoms with van der Waals surface area (Å²) in [5.74, 6) is -1.15. The van der Waals surface area contributed by atoms with Crippen LogP contribution in [0.25, 0.3) is 0 Å². The van der Waals surface area contributed by atoms with Crippen LogP contribution in [0.15, 0.2) is 0 Å². The summed E-state index contributed by atoms with van der Waals surface area (Å²) in [5, 5.41) is 0.418. The summed E-state index contributed by atoms with van der Waals surface area (Å²) in [6.45, 7) is 13.3. The Balaban J connectivity index is 1.62. The Hall–Kier alpha value is -2.19. The van der Waals surface area contributed by atoms with Gasteiger partial charge in [0.2, 0.25) is 0 Å². The van der Waals surface area contributed by atoms with Crippen LogP contribution in [0.2, 0.25) is 0 Å². The average molecular weight is 834 g/mol. The lowest BCUT2D eigenvalue weighted by molar-refractivity contribution is -0.177. The zero-order valence-electron chi connectivity index (χ0n) is 33.7. The number of carbonyl (C=O) groups is 3. The van der Waals surface area contributed by atoms with E-state index >= 15 is 0 Å². The highest BCUT2D eigenvalue weighted by Crippen LogP contribution is 2.12. The van der Waals surface area contributed by atoms with Gasteiger partial charge in [0, 0.05) is 20.0 Å². The quantitative estimate of drug-likeness (QED) is 0.0452. The predicted molar refractivity (Wildman–Crippen MR) is 197 cm³/mol. The molecule has 0 aromatic heterocycles. The van der Waals surface area contributed by atoms with Gasteiger partial charge in [-0.1, -0.05) is 5.06 Å². The molecule has 1 aliphatic heterocycles. The Morgan fingerprint density at radius 3 is 0.754 bits per heavy atom. The predicted octanol–water partition coefficient (Wildman–Crippen LogP) is 0.0824. The van der Waals surface area contributed by atoms with Gasteiger partial charge in [0.25, 0.3) is 11.8 Å². The van der Waals surface area contributed by atoms with Crippen molar-refractivity contribution in [3.8, 4) is 0 Å². The molecule has 336 valence electrons. The van der Waals surface area contributed by atoms with Crippen LogP contribution in [-0.2, 0) is 90.2 Å². The zero-order chi connectivity index (χ0) is 41.0. The molecular formula is C36H67NO20. The fourth-order valence-electron chi connectivity index (χ4n) is 4.05. The van der Waals surface area contributed by atoms with E-state index in [9.17, 15) is 14.4 Å². The lowest BCUT2D eigenvalue weighted by Crippen LogP contribution is -2.32. The number of hydrogen-bond donors (Lipinski definition) is 0. The second kappa shape index (κ2) is 43.4. The van der Waals surface area contributed by atoms with Gasteiger partial charge >= 0.3 is 6.16 Å². The van der Waals surface area contributed by atoms with E-state index < -0.39 is 18.0 Å². The second-order valence-electron chi connectivity index (χ2n) is 11.3. The molecule has 1 aliphatic rings. The fraction of sp³-hybridized carbons (Fsp3) is 0.917. The third kappa shape index (κ3) is 37.8. The maximum absolute atomic E-state index is 11.5. The van der Waals surface area contributed by atoms with Gasteiger partial charge in [0.05, 0.1) is 192 Å². The highest BCUT2D eigenvalue weighted by molar-refractivity contribution is 6.01. The van der Waals surface area contributed by atoms with Gasteiger partial charge < -0.3 is 75.8 Å². The molecule has 1 heterocycles. The molecule has 1 rings (SSSR count). The first kappa shape index (κ1) is 52.8. The highest BCUT2D eigenvalue weighted by Gasteiger charge is 2.33. The van der Waals surface area contributed by atoms with E-state index in [-0.39, 0.29) is 32.7 Å². The number of nitrogens with zero attached hydrogens (tertiary/aromatic N) is 1. The van der Waals surface area contributed by atoms with E-state index in [2.05, 4.69) is 4.84 Å². The van der Waals surface area contributed by atoms with Crippen molar-refractivity contribution in [3.63, 3.8) is 0 Å². The Kier molecular flexibility index (Phi) is 40.2. The highest BCUT2D eigenvalue weighted by atomic mass is 16.8. The summed E-state index contributed by atoms with van der Waals surface area (Å²) in [7, 11) is 1.64. The molecule has 0 aliphatic carbocycles. The van der Waals surface area contributed by atoms with E-state index in [0.717, 1.165) is 0 Å². The first-order chi connectivity index (χ1) is 28.1. The van der Waals surface area contributed by atoms with Gasteiger partial charge in [-0.2, -0.15) is 0 Å². The van der Waals surface area contributed by atoms with E-state index in [0.29, 0.717) is 183 Å². The van der Waals surface area contributed by atoms with E-state index in [1.807, 2.05) is 0 Å². The Morgan fingerprint density at radius 2 is 0.544 bits per heavy atom. The van der Waals surface area contributed by atoms with E-state index in [1.165, 1.54) is 0 Å². The molecule has 1 fully saturated rings. The largest absolute Gasteiger partial charge is 0.534 e. The lowest BCUT2D eigenvalue weighted by Gasteiger charge is -2.12. The van der Waals surface area contributed by atoms with Crippen molar-refractivity contribution in [3.05, 3.63) is 0 Å². The molecule has 2 amide bonds. The normalized spacial score (nSPS) is 13.0. The third-order valence-corrected chi connectivity index (χ3v) is 6.89. The molecule has 0 unspecified atom stereocenters. The minimum absolute atomic E-state index is 0.0141. The third-order valence-electron chi connectivity index (χ3n) is 6.89. The summed E-state index contributed by atoms with van der Waals surface area (Å²) < 4.78 is 85.6. The molecule has 0 atom stereocenters. The van der Waals surface area contributed by atoms with Crippen molar-refractivity contribution in [2.75, 3.05) is 205 Å². The summed E-state index contributed by atoms with van der Waals surface area (Å²) in [4.78, 5) is 38.8. The summed E-state index contributed by atoms with van der Waals surface area (Å²) in [6, 6.07) is 0. The number of hydrogen-bond acceptors (Lipinski definition) is 20. The molecule has 57 heavy (non-hydrogen) atoms. The minimum Gasteiger partial charge on any atom is -0.430 e. The van der Waals surface area contributed by atoms with Crippen molar-refractivity contribution in [1.82, 2.24) is 5.06 Å². The van der Waals surface area contributed by atoms with Gasteiger partial charge in [0.1, 0.15) is 6.61 Å². The molecule has 0 radical (unpaired) electrons. The van der Waals surface area contributed by atoms with Crippen molar-refractivity contribution in [2.45, 2.75) is 12.8 Å². The number of carbonyl (C=O) groups excluding carboxylic acids is 3. The Bertz CT molecular complexity index is 890. The topological polar surface area (TPSA) is 211 Å². The first-order valence-electron chi connectivity index (χ1n) is 19.4. The molecule has 0 aromatic carbocycles. The summed E-state index contributed by atoms with van der Waals surface area (Å²) in [5.41, 5.74) is 0. The average Bonchev–Trinajstić information content (AvgIpc) is 3.52. The monoisotopic (exact) mass is 833 g/mol. The van der Waals surface area contributed by atoms with Gasteiger partial charge in [-0.25, -0.2) is 4.79 Å². The van der Waals surface area contributed by atoms with E-state index in [1.54, 1.807) is 7.11 Å². The Morgan fingerprint density at radius 1 is 0.351 bits per heavy atom. The van der Waals surface area contributed by atoms with Gasteiger partial charge in [-0.05, 0) is 0 Å². The maximum atomic E-state index is 11.5. The molecule has 21 nitrogen and oxygen atoms in total. The van der Waals surface area contributed by atoms with Crippen molar-refractivity contribution in [1.29, 1.82) is 0 Å². The van der Waals surface area contributed by atoms with Gasteiger partial charge in [-0.3, -0.25) is 14.4 Å². The van der Waals surface area contributed by atoms with Crippen molar-refractivity contribution >= 4 is 18.0 Å². The summed E-state index contributed by atoms with van der Waals surface area (Å²) in [6.07, 6.45) is -1.11. The number of methoxy groups -OCH3 is 1. The lowest BCUT2D eigenvalue weighted by atomic mass is 10.4. The van der Waals surface area contributed by atoms with Crippen LogP contribution < -0.4 is 0 Å². The molecule has 21 heteroatoms. The number of rotatable bonds is 46. The number of ether oxygens (including phenoxy) is 16. The molecular weight excluding hydrogens is 766 g/mol. The van der Waals surface area contributed by atoms with Crippen molar-refractivity contribution < 1.29 is 95.0 Å². The SMILES string of the molecule is COCCOCCOCCOCCOCCOCCOCCOCCOCCOCCOCCOCCOCCOCCOCCOC(=O)ON1C(=O)CCC1=O. The number of imide groups is 1. The van der Waals surface area contributed by atoms with Crippen LogP contribution in [-0.4, -0.2) is 228 Å². The molecule has 0 bridgehead atoms. The van der Waals surface area contributed by atoms with Crippen LogP contribution in [0.4, 0.5) is 4.79 Å². The summed E-state index contributed by atoms with van der Waals surface area (Å²) >= 11 is 0. The molecule has 0 aromatic rings. The van der Waals surface area contributed by atoms with Crippen LogP contribution in [0.3, 0.4) is 0 Å². The van der Waals surface area contributed by atoms with Crippen LogP contribution in [0, 0.1) is 0 Å². The van der Waals surface area contributed by atoms with Crippen LogP contribution in [0.1, 0.15) is 12.8 Å². The maximum Gasteiger partial charge on any atom is 0.534 e. The number of amides is 2. The molecule has 0 saturated carbocycles. The molecule has 0 N–H and O–H groups in total.